The van der Waals surface area contributed by atoms with E-state index in [0.717, 1.165) is 79.4 Å². The number of allylic oxidation sites excluding steroid dienone is 10. The van der Waals surface area contributed by atoms with Gasteiger partial charge < -0.3 is 8.98 Å². The van der Waals surface area contributed by atoms with Crippen LogP contribution >= 0.6 is 0 Å². The van der Waals surface area contributed by atoms with Crippen molar-refractivity contribution < 1.29 is 4.42 Å². The maximum Gasteiger partial charge on any atom is 0.135 e. The molecule has 0 amide bonds. The maximum atomic E-state index is 10.7. The molecular weight excluding hydrogens is 548 g/mol. The van der Waals surface area contributed by atoms with E-state index in [-0.39, 0.29) is 10.8 Å². The van der Waals surface area contributed by atoms with Gasteiger partial charge in [-0.3, -0.25) is 0 Å². The largest absolute Gasteiger partial charge is 0.460 e. The van der Waals surface area contributed by atoms with E-state index < -0.39 is 0 Å². The van der Waals surface area contributed by atoms with E-state index in [1.807, 2.05) is 0 Å². The third-order valence-electron chi connectivity index (χ3n) is 12.6. The van der Waals surface area contributed by atoms with Crippen LogP contribution in [0, 0.1) is 22.2 Å². The molecule has 3 nitrogen and oxygen atoms in total. The zero-order valence-corrected chi connectivity index (χ0v) is 27.1. The van der Waals surface area contributed by atoms with Crippen LogP contribution in [0.1, 0.15) is 118 Å². The Hall–Kier alpha value is -4.03. The quantitative estimate of drug-likeness (QED) is 0.298. The van der Waals surface area contributed by atoms with Gasteiger partial charge in [0.05, 0.1) is 11.6 Å². The highest BCUT2D eigenvalue weighted by Crippen LogP contribution is 2.64. The molecule has 0 N–H and O–H groups in total. The molecule has 0 saturated heterocycles. The van der Waals surface area contributed by atoms with Crippen LogP contribution in [0.3, 0.4) is 0 Å². The lowest BCUT2D eigenvalue weighted by atomic mass is 9.60. The normalized spacial score (nSPS) is 26.2. The minimum Gasteiger partial charge on any atom is -0.460 e. The van der Waals surface area contributed by atoms with Crippen molar-refractivity contribution in [2.45, 2.75) is 97.8 Å². The van der Waals surface area contributed by atoms with Gasteiger partial charge in [-0.05, 0) is 103 Å². The third kappa shape index (κ3) is 3.52. The molecule has 0 fully saturated rings. The van der Waals surface area contributed by atoms with Crippen LogP contribution in [0.5, 0.6) is 0 Å². The molecule has 3 aromatic rings. The molecule has 0 spiro atoms. The van der Waals surface area contributed by atoms with Gasteiger partial charge in [0.1, 0.15) is 11.3 Å². The Balaban J connectivity index is 1.33. The van der Waals surface area contributed by atoms with Gasteiger partial charge in [-0.15, -0.1) is 0 Å². The van der Waals surface area contributed by atoms with Crippen LogP contribution in [0.15, 0.2) is 69.2 Å². The number of furan rings is 1. The van der Waals surface area contributed by atoms with Crippen LogP contribution in [0.2, 0.25) is 0 Å². The van der Waals surface area contributed by atoms with Gasteiger partial charge in [0.15, 0.2) is 0 Å². The van der Waals surface area contributed by atoms with Crippen LogP contribution in [-0.4, -0.2) is 4.57 Å². The van der Waals surface area contributed by atoms with Gasteiger partial charge in [-0.25, -0.2) is 0 Å². The zero-order valence-electron chi connectivity index (χ0n) is 27.1. The van der Waals surface area contributed by atoms with Crippen molar-refractivity contribution >= 4 is 34.4 Å². The first-order chi connectivity index (χ1) is 21.8. The Morgan fingerprint density at radius 3 is 2.71 bits per heavy atom. The van der Waals surface area contributed by atoms with Crippen LogP contribution < -0.4 is 0 Å². The van der Waals surface area contributed by atoms with Crippen molar-refractivity contribution in [1.29, 1.82) is 5.26 Å². The summed E-state index contributed by atoms with van der Waals surface area (Å²) in [6.07, 6.45) is 25.0. The Morgan fingerprint density at radius 1 is 0.978 bits per heavy atom. The van der Waals surface area contributed by atoms with E-state index in [4.69, 9.17) is 4.42 Å². The predicted octanol–water partition coefficient (Wildman–Crippen LogP) is 10.9. The summed E-state index contributed by atoms with van der Waals surface area (Å²) >= 11 is 0. The first kappa shape index (κ1) is 27.3. The first-order valence-corrected chi connectivity index (χ1v) is 17.3. The summed E-state index contributed by atoms with van der Waals surface area (Å²) in [5.74, 6) is 1.55. The molecule has 226 valence electrons. The molecule has 6 aliphatic carbocycles. The second-order valence-corrected chi connectivity index (χ2v) is 15.0. The van der Waals surface area contributed by atoms with Gasteiger partial charge >= 0.3 is 0 Å². The summed E-state index contributed by atoms with van der Waals surface area (Å²) < 4.78 is 9.47. The second-order valence-electron chi connectivity index (χ2n) is 15.0. The lowest BCUT2D eigenvalue weighted by Gasteiger charge is -2.43. The Labute approximate surface area is 267 Å². The fourth-order valence-electron chi connectivity index (χ4n) is 9.95. The zero-order chi connectivity index (χ0) is 30.7. The SMILES string of the molecule is CC1CC=Cc2c3c(n(C4=C(c5cccc6oc7c(c56)C=C5C6=C(CCC=C6)C(C)(C)C5(C)C7)C(C#N)=CCC4)c21)CCCC3. The van der Waals surface area contributed by atoms with E-state index >= 15 is 0 Å². The molecule has 6 aliphatic rings. The number of rotatable bonds is 2. The van der Waals surface area contributed by atoms with Gasteiger partial charge in [-0.1, -0.05) is 75.8 Å². The molecule has 1 aromatic carbocycles. The molecule has 9 rings (SSSR count). The Bertz CT molecular complexity index is 2070. The summed E-state index contributed by atoms with van der Waals surface area (Å²) in [6.45, 7) is 9.73. The molecule has 0 aliphatic heterocycles. The highest BCUT2D eigenvalue weighted by atomic mass is 16.3. The van der Waals surface area contributed by atoms with E-state index in [1.54, 1.807) is 11.1 Å². The monoisotopic (exact) mass is 590 g/mol. The first-order valence-electron chi connectivity index (χ1n) is 17.3. The highest BCUT2D eigenvalue weighted by molar-refractivity contribution is 6.08. The van der Waals surface area contributed by atoms with Crippen molar-refractivity contribution in [3.8, 4) is 6.07 Å². The number of benzene rings is 1. The topological polar surface area (TPSA) is 41.9 Å². The lowest BCUT2D eigenvalue weighted by Crippen LogP contribution is -2.37. The minimum absolute atomic E-state index is 0.00665. The van der Waals surface area contributed by atoms with Gasteiger partial charge in [0, 0.05) is 51.4 Å². The number of nitrogens with zero attached hydrogens (tertiary/aromatic N) is 2. The molecule has 0 radical (unpaired) electrons. The smallest absolute Gasteiger partial charge is 0.135 e. The molecule has 2 aromatic heterocycles. The van der Waals surface area contributed by atoms with Crippen LogP contribution in [0.4, 0.5) is 0 Å². The molecule has 2 unspecified atom stereocenters. The summed E-state index contributed by atoms with van der Waals surface area (Å²) in [5.41, 5.74) is 17.1. The molecular formula is C42H42N2O. The van der Waals surface area contributed by atoms with E-state index in [9.17, 15) is 5.26 Å². The molecule has 2 heterocycles. The highest BCUT2D eigenvalue weighted by Gasteiger charge is 2.55. The summed E-state index contributed by atoms with van der Waals surface area (Å²) in [6, 6.07) is 9.18. The number of nitriles is 1. The number of fused-ring (bicyclic) bond motifs is 8. The average Bonchev–Trinajstić information content (AvgIpc) is 3.64. The summed E-state index contributed by atoms with van der Waals surface area (Å²) in [5, 5.41) is 11.8. The summed E-state index contributed by atoms with van der Waals surface area (Å²) in [4.78, 5) is 0. The van der Waals surface area contributed by atoms with Gasteiger partial charge in [0.25, 0.3) is 0 Å². The Morgan fingerprint density at radius 2 is 1.84 bits per heavy atom. The maximum absolute atomic E-state index is 10.7. The molecule has 0 saturated carbocycles. The fourth-order valence-corrected chi connectivity index (χ4v) is 9.95. The van der Waals surface area contributed by atoms with Crippen molar-refractivity contribution in [2.75, 3.05) is 0 Å². The average molecular weight is 591 g/mol. The number of hydrogen-bond donors (Lipinski definition) is 0. The van der Waals surface area contributed by atoms with Gasteiger partial charge in [0.2, 0.25) is 0 Å². The van der Waals surface area contributed by atoms with Crippen LogP contribution in [0.25, 0.3) is 34.4 Å². The standard InChI is InChI=1S/C42H42N2O/c1-25-12-9-16-28-27-14-6-8-19-34(27)44(40(25)28)35-20-10-13-26(24-43)38(35)30-17-11-21-36-39(30)31-22-33-29-15-5-7-18-32(29)41(2,3)42(33,4)23-37(31)45-36/h5,9,11,13,15-17,21-22,25H,6-8,10,12,14,18-20,23H2,1-4H3. The number of aromatic nitrogens is 1. The summed E-state index contributed by atoms with van der Waals surface area (Å²) in [7, 11) is 0. The molecule has 0 bridgehead atoms. The molecule has 45 heavy (non-hydrogen) atoms. The van der Waals surface area contributed by atoms with E-state index in [0.29, 0.717) is 5.92 Å². The van der Waals surface area contributed by atoms with Crippen molar-refractivity contribution in [1.82, 2.24) is 4.57 Å². The predicted molar refractivity (Wildman–Crippen MR) is 184 cm³/mol. The minimum atomic E-state index is -0.00665. The Kier molecular flexibility index (Phi) is 5.76. The van der Waals surface area contributed by atoms with Gasteiger partial charge in [-0.2, -0.15) is 5.26 Å². The van der Waals surface area contributed by atoms with Crippen LogP contribution in [-0.2, 0) is 19.3 Å². The van der Waals surface area contributed by atoms with Crippen molar-refractivity contribution in [2.24, 2.45) is 10.8 Å². The third-order valence-corrected chi connectivity index (χ3v) is 12.6. The van der Waals surface area contributed by atoms with E-state index in [1.165, 1.54) is 57.6 Å². The van der Waals surface area contributed by atoms with Crippen molar-refractivity contribution in [3.63, 3.8) is 0 Å². The lowest BCUT2D eigenvalue weighted by molar-refractivity contribution is 0.179. The number of hydrogen-bond acceptors (Lipinski definition) is 2. The fraction of sp³-hybridized carbons (Fsp3) is 0.405. The van der Waals surface area contributed by atoms with Crippen molar-refractivity contribution in [3.05, 3.63) is 104 Å². The van der Waals surface area contributed by atoms with E-state index in [2.05, 4.69) is 93.0 Å². The molecule has 3 heteroatoms. The second kappa shape index (κ2) is 9.49. The molecule has 2 atom stereocenters.